The van der Waals surface area contributed by atoms with Crippen LogP contribution in [0.4, 0.5) is 14.5 Å². The minimum Gasteiger partial charge on any atom is -0.478 e. The fraction of sp³-hybridized carbons (Fsp3) is 0.143. The number of anilines is 1. The van der Waals surface area contributed by atoms with Crippen LogP contribution in [0.15, 0.2) is 10.7 Å². The van der Waals surface area contributed by atoms with Crippen LogP contribution in [-0.4, -0.2) is 16.1 Å². The first kappa shape index (κ1) is 10.8. The Labute approximate surface area is 85.9 Å². The van der Waals surface area contributed by atoms with Crippen molar-refractivity contribution in [1.29, 1.82) is 0 Å². The van der Waals surface area contributed by atoms with Crippen LogP contribution in [0.2, 0.25) is 0 Å². The van der Waals surface area contributed by atoms with Gasteiger partial charge in [0, 0.05) is 0 Å². The van der Waals surface area contributed by atoms with Gasteiger partial charge in [0.15, 0.2) is 0 Å². The van der Waals surface area contributed by atoms with Gasteiger partial charge in [-0.2, -0.15) is 0 Å². The van der Waals surface area contributed by atoms with Gasteiger partial charge in [-0.1, -0.05) is 0 Å². The molecule has 0 unspecified atom stereocenters. The summed E-state index contributed by atoms with van der Waals surface area (Å²) in [5.41, 5.74) is 4.00. The lowest BCUT2D eigenvalue weighted by molar-refractivity contribution is 0.0694. The summed E-state index contributed by atoms with van der Waals surface area (Å²) in [5, 5.41) is 8.61. The first-order valence-corrected chi connectivity index (χ1v) is 4.20. The number of carbonyl (C=O) groups is 1. The minimum absolute atomic E-state index is 0.158. The predicted molar refractivity (Wildman–Crippen MR) is 48.3 cm³/mol. The number of carboxylic acids is 1. The zero-order chi connectivity index (χ0) is 10.9. The lowest BCUT2D eigenvalue weighted by atomic mass is 10.2. The molecule has 0 radical (unpaired) electrons. The Hall–Kier alpha value is -1.24. The number of carboxylic acid groups (broad SMARTS) is 1. The Morgan fingerprint density at radius 3 is 2.64 bits per heavy atom. The maximum atomic E-state index is 12.2. The molecule has 0 spiro atoms. The molecule has 7 heteroatoms. The van der Waals surface area contributed by atoms with E-state index in [2.05, 4.69) is 20.9 Å². The summed E-state index contributed by atoms with van der Waals surface area (Å²) in [7, 11) is 0. The molecule has 1 heterocycles. The Morgan fingerprint density at radius 2 is 2.21 bits per heavy atom. The topological polar surface area (TPSA) is 76.2 Å². The van der Waals surface area contributed by atoms with Crippen LogP contribution in [0.5, 0.6) is 0 Å². The van der Waals surface area contributed by atoms with Crippen molar-refractivity contribution in [3.63, 3.8) is 0 Å². The van der Waals surface area contributed by atoms with Crippen molar-refractivity contribution in [1.82, 2.24) is 4.98 Å². The van der Waals surface area contributed by atoms with E-state index in [1.165, 1.54) is 0 Å². The fourth-order valence-corrected chi connectivity index (χ4v) is 1.32. The lowest BCUT2D eigenvalue weighted by Crippen LogP contribution is -2.06. The molecule has 0 saturated heterocycles. The molecule has 14 heavy (non-hydrogen) atoms. The largest absolute Gasteiger partial charge is 0.478 e. The second-order valence-corrected chi connectivity index (χ2v) is 3.16. The van der Waals surface area contributed by atoms with Crippen molar-refractivity contribution in [2.24, 2.45) is 0 Å². The molecule has 0 amide bonds. The van der Waals surface area contributed by atoms with E-state index in [1.54, 1.807) is 0 Å². The maximum Gasteiger partial charge on any atom is 0.338 e. The standard InChI is InChI=1S/C7H5BrF2N2O2/c8-5-2(7(13)14)1-3(11)4(12-5)6(9)10/h1,6H,11H2,(H,13,14). The highest BCUT2D eigenvalue weighted by molar-refractivity contribution is 9.10. The van der Waals surface area contributed by atoms with Gasteiger partial charge in [0.2, 0.25) is 0 Å². The van der Waals surface area contributed by atoms with Crippen LogP contribution < -0.4 is 5.73 Å². The van der Waals surface area contributed by atoms with E-state index < -0.39 is 18.1 Å². The molecule has 0 atom stereocenters. The SMILES string of the molecule is Nc1cc(C(=O)O)c(Br)nc1C(F)F. The summed E-state index contributed by atoms with van der Waals surface area (Å²) in [6.07, 6.45) is -2.82. The van der Waals surface area contributed by atoms with E-state index in [9.17, 15) is 13.6 Å². The summed E-state index contributed by atoms with van der Waals surface area (Å²) in [6.45, 7) is 0. The second kappa shape index (κ2) is 3.87. The van der Waals surface area contributed by atoms with Crippen molar-refractivity contribution in [3.05, 3.63) is 21.9 Å². The fourth-order valence-electron chi connectivity index (χ4n) is 0.844. The number of aromatic carboxylic acids is 1. The average Bonchev–Trinajstić information content (AvgIpc) is 2.07. The molecule has 0 aliphatic carbocycles. The van der Waals surface area contributed by atoms with Gasteiger partial charge in [0.25, 0.3) is 6.43 Å². The molecule has 76 valence electrons. The van der Waals surface area contributed by atoms with Crippen molar-refractivity contribution in [3.8, 4) is 0 Å². The summed E-state index contributed by atoms with van der Waals surface area (Å²) in [4.78, 5) is 13.9. The second-order valence-electron chi connectivity index (χ2n) is 2.41. The lowest BCUT2D eigenvalue weighted by Gasteiger charge is -2.06. The molecule has 3 N–H and O–H groups in total. The van der Waals surface area contributed by atoms with Crippen molar-refractivity contribution >= 4 is 27.6 Å². The van der Waals surface area contributed by atoms with Gasteiger partial charge < -0.3 is 10.8 Å². The van der Waals surface area contributed by atoms with E-state index in [0.717, 1.165) is 6.07 Å². The van der Waals surface area contributed by atoms with Crippen molar-refractivity contribution < 1.29 is 18.7 Å². The van der Waals surface area contributed by atoms with Crippen LogP contribution in [0.25, 0.3) is 0 Å². The number of nitrogens with two attached hydrogens (primary N) is 1. The maximum absolute atomic E-state index is 12.2. The monoisotopic (exact) mass is 266 g/mol. The third kappa shape index (κ3) is 1.98. The minimum atomic E-state index is -2.82. The number of pyridine rings is 1. The van der Waals surface area contributed by atoms with Gasteiger partial charge in [0.05, 0.1) is 11.3 Å². The molecule has 0 aliphatic rings. The smallest absolute Gasteiger partial charge is 0.338 e. The average molecular weight is 267 g/mol. The van der Waals surface area contributed by atoms with Crippen molar-refractivity contribution in [2.45, 2.75) is 6.43 Å². The number of halogens is 3. The number of aromatic nitrogens is 1. The number of hydrogen-bond acceptors (Lipinski definition) is 3. The molecule has 1 rings (SSSR count). The van der Waals surface area contributed by atoms with Gasteiger partial charge in [-0.25, -0.2) is 18.6 Å². The highest BCUT2D eigenvalue weighted by Crippen LogP contribution is 2.27. The molecule has 1 aromatic heterocycles. The van der Waals surface area contributed by atoms with Gasteiger partial charge in [-0.3, -0.25) is 0 Å². The highest BCUT2D eigenvalue weighted by atomic mass is 79.9. The van der Waals surface area contributed by atoms with Gasteiger partial charge in [0.1, 0.15) is 10.3 Å². The Kier molecular flexibility index (Phi) is 3.00. The molecule has 1 aromatic rings. The van der Waals surface area contributed by atoms with Crippen LogP contribution in [0.1, 0.15) is 22.5 Å². The van der Waals surface area contributed by atoms with E-state index in [1.807, 2.05) is 0 Å². The first-order valence-electron chi connectivity index (χ1n) is 3.41. The Bertz CT molecular complexity index is 384. The van der Waals surface area contributed by atoms with E-state index >= 15 is 0 Å². The van der Waals surface area contributed by atoms with Crippen LogP contribution in [0.3, 0.4) is 0 Å². The van der Waals surface area contributed by atoms with Crippen LogP contribution in [-0.2, 0) is 0 Å². The third-order valence-corrected chi connectivity index (χ3v) is 2.08. The number of nitrogen functional groups attached to an aromatic ring is 1. The zero-order valence-electron chi connectivity index (χ0n) is 6.67. The molecule has 0 fully saturated rings. The summed E-state index contributed by atoms with van der Waals surface area (Å²) in [5.74, 6) is -1.28. The van der Waals surface area contributed by atoms with Crippen molar-refractivity contribution in [2.75, 3.05) is 5.73 Å². The Balaban J connectivity index is 3.31. The molecule has 4 nitrogen and oxygen atoms in total. The predicted octanol–water partition coefficient (Wildman–Crippen LogP) is 2.06. The van der Waals surface area contributed by atoms with Gasteiger partial charge in [-0.15, -0.1) is 0 Å². The molecular formula is C7H5BrF2N2O2. The number of alkyl halides is 2. The summed E-state index contributed by atoms with van der Waals surface area (Å²) in [6, 6.07) is 0.945. The molecule has 0 aromatic carbocycles. The zero-order valence-corrected chi connectivity index (χ0v) is 8.25. The third-order valence-electron chi connectivity index (χ3n) is 1.47. The number of rotatable bonds is 2. The van der Waals surface area contributed by atoms with Crippen LogP contribution in [0, 0.1) is 0 Å². The number of nitrogens with zero attached hydrogens (tertiary/aromatic N) is 1. The first-order chi connectivity index (χ1) is 6.43. The highest BCUT2D eigenvalue weighted by Gasteiger charge is 2.18. The number of hydrogen-bond donors (Lipinski definition) is 2. The van der Waals surface area contributed by atoms with Crippen LogP contribution >= 0.6 is 15.9 Å². The van der Waals surface area contributed by atoms with Gasteiger partial charge >= 0.3 is 5.97 Å². The Morgan fingerprint density at radius 1 is 1.64 bits per heavy atom. The summed E-state index contributed by atoms with van der Waals surface area (Å²) >= 11 is 2.77. The van der Waals surface area contributed by atoms with E-state index in [-0.39, 0.29) is 15.9 Å². The summed E-state index contributed by atoms with van der Waals surface area (Å²) < 4.78 is 24.3. The molecule has 0 saturated carbocycles. The molecule has 0 bridgehead atoms. The van der Waals surface area contributed by atoms with E-state index in [4.69, 9.17) is 10.8 Å². The normalized spacial score (nSPS) is 10.6. The molecular weight excluding hydrogens is 262 g/mol. The quantitative estimate of drug-likeness (QED) is 0.804. The van der Waals surface area contributed by atoms with Gasteiger partial charge in [-0.05, 0) is 22.0 Å². The van der Waals surface area contributed by atoms with E-state index in [0.29, 0.717) is 0 Å². The molecule has 0 aliphatic heterocycles.